The highest BCUT2D eigenvalue weighted by Crippen LogP contribution is 2.28. The van der Waals surface area contributed by atoms with Gasteiger partial charge < -0.3 is 9.40 Å². The van der Waals surface area contributed by atoms with Crippen LogP contribution in [0.5, 0.6) is 0 Å². The summed E-state index contributed by atoms with van der Waals surface area (Å²) in [5, 5.41) is 9.92. The van der Waals surface area contributed by atoms with Crippen LogP contribution in [0.15, 0.2) is 39.6 Å². The van der Waals surface area contributed by atoms with E-state index in [0.29, 0.717) is 10.9 Å². The van der Waals surface area contributed by atoms with Crippen molar-refractivity contribution in [3.63, 3.8) is 0 Å². The number of nitrogens with zero attached hydrogens (tertiary/aromatic N) is 4. The molecule has 0 aliphatic carbocycles. The molecule has 0 radical (unpaired) electrons. The third-order valence-corrected chi connectivity index (χ3v) is 2.72. The van der Waals surface area contributed by atoms with Gasteiger partial charge in [-0.15, -0.1) is 10.2 Å². The van der Waals surface area contributed by atoms with Crippen molar-refractivity contribution >= 4 is 22.9 Å². The Morgan fingerprint density at radius 3 is 3.20 bits per heavy atom. The lowest BCUT2D eigenvalue weighted by molar-refractivity contribution is 0.601. The normalized spacial score (nSPS) is 10.9. The minimum Gasteiger partial charge on any atom is -0.446 e. The molecule has 0 amide bonds. The average Bonchev–Trinajstić information content (AvgIpc) is 2.87. The predicted octanol–water partition coefficient (Wildman–Crippen LogP) is 1.49. The number of aromatic amines is 1. The van der Waals surface area contributed by atoms with E-state index in [2.05, 4.69) is 25.1 Å². The van der Waals surface area contributed by atoms with E-state index < -0.39 is 0 Å². The van der Waals surface area contributed by atoms with E-state index in [1.54, 1.807) is 6.26 Å². The third-order valence-electron chi connectivity index (χ3n) is 1.81. The first-order chi connectivity index (χ1) is 7.43. The summed E-state index contributed by atoms with van der Waals surface area (Å²) in [5.74, 6) is 0. The summed E-state index contributed by atoms with van der Waals surface area (Å²) in [4.78, 5) is 11.0. The Morgan fingerprint density at radius 2 is 2.33 bits per heavy atom. The van der Waals surface area contributed by atoms with Gasteiger partial charge in [-0.2, -0.15) is 0 Å². The van der Waals surface area contributed by atoms with Crippen LogP contribution in [0.2, 0.25) is 0 Å². The zero-order chi connectivity index (χ0) is 10.1. The van der Waals surface area contributed by atoms with Crippen molar-refractivity contribution in [1.82, 2.24) is 25.1 Å². The maximum atomic E-state index is 5.17. The molecule has 3 aromatic rings. The number of hydrogen-bond donors (Lipinski definition) is 1. The predicted molar refractivity (Wildman–Crippen MR) is 52.3 cm³/mol. The van der Waals surface area contributed by atoms with Crippen molar-refractivity contribution in [2.45, 2.75) is 10.2 Å². The molecule has 0 saturated carbocycles. The molecule has 3 rings (SSSR count). The highest BCUT2D eigenvalue weighted by atomic mass is 32.2. The maximum Gasteiger partial charge on any atom is 0.230 e. The number of H-pyrrole nitrogens is 1. The highest BCUT2D eigenvalue weighted by molar-refractivity contribution is 7.99. The smallest absolute Gasteiger partial charge is 0.230 e. The van der Waals surface area contributed by atoms with Gasteiger partial charge >= 0.3 is 0 Å². The molecule has 0 unspecified atom stereocenters. The summed E-state index contributed by atoms with van der Waals surface area (Å²) in [7, 11) is 0. The van der Waals surface area contributed by atoms with Crippen LogP contribution in [0.4, 0.5) is 0 Å². The molecule has 3 heterocycles. The van der Waals surface area contributed by atoms with Gasteiger partial charge in [-0.1, -0.05) is 0 Å². The van der Waals surface area contributed by atoms with Crippen LogP contribution < -0.4 is 0 Å². The standard InChI is InChI=1S/C8H5N5OS/c1-2-14-6-5(1)7(10-3-9-6)15-8-11-4-12-13-8/h1-4H,(H,11,12,13). The van der Waals surface area contributed by atoms with Gasteiger partial charge in [0.1, 0.15) is 17.7 Å². The van der Waals surface area contributed by atoms with E-state index in [4.69, 9.17) is 4.42 Å². The van der Waals surface area contributed by atoms with Crippen LogP contribution in [0.1, 0.15) is 0 Å². The van der Waals surface area contributed by atoms with Crippen LogP contribution in [0.3, 0.4) is 0 Å². The number of nitrogens with one attached hydrogen (secondary N) is 1. The van der Waals surface area contributed by atoms with Crippen LogP contribution in [-0.2, 0) is 0 Å². The Bertz CT molecular complexity index is 576. The van der Waals surface area contributed by atoms with Gasteiger partial charge in [-0.3, -0.25) is 0 Å². The number of furan rings is 1. The summed E-state index contributed by atoms with van der Waals surface area (Å²) in [5.41, 5.74) is 0.576. The fourth-order valence-electron chi connectivity index (χ4n) is 1.18. The van der Waals surface area contributed by atoms with Crippen molar-refractivity contribution in [2.24, 2.45) is 0 Å². The fourth-order valence-corrected chi connectivity index (χ4v) is 1.93. The van der Waals surface area contributed by atoms with Crippen molar-refractivity contribution in [3.8, 4) is 0 Å². The van der Waals surface area contributed by atoms with Gasteiger partial charge in [-0.25, -0.2) is 9.97 Å². The Kier molecular flexibility index (Phi) is 1.88. The molecule has 0 fully saturated rings. The zero-order valence-electron chi connectivity index (χ0n) is 7.41. The lowest BCUT2D eigenvalue weighted by Gasteiger charge is -1.96. The summed E-state index contributed by atoms with van der Waals surface area (Å²) in [6, 6.07) is 1.83. The van der Waals surface area contributed by atoms with Gasteiger partial charge in [0.05, 0.1) is 11.6 Å². The molecule has 6 nitrogen and oxygen atoms in total. The maximum absolute atomic E-state index is 5.17. The van der Waals surface area contributed by atoms with Crippen molar-refractivity contribution in [2.75, 3.05) is 0 Å². The number of rotatable bonds is 2. The summed E-state index contributed by atoms with van der Waals surface area (Å²) in [6.07, 6.45) is 4.57. The van der Waals surface area contributed by atoms with E-state index in [1.165, 1.54) is 24.4 Å². The molecular weight excluding hydrogens is 214 g/mol. The quantitative estimate of drug-likeness (QED) is 0.658. The second-order valence-corrected chi connectivity index (χ2v) is 3.69. The Morgan fingerprint density at radius 1 is 1.33 bits per heavy atom. The van der Waals surface area contributed by atoms with E-state index in [0.717, 1.165) is 10.4 Å². The Hall–Kier alpha value is -1.89. The molecule has 1 N–H and O–H groups in total. The molecule has 0 spiro atoms. The summed E-state index contributed by atoms with van der Waals surface area (Å²) < 4.78 is 5.17. The largest absolute Gasteiger partial charge is 0.446 e. The van der Waals surface area contributed by atoms with Crippen molar-refractivity contribution in [3.05, 3.63) is 25.0 Å². The summed E-state index contributed by atoms with van der Waals surface area (Å²) >= 11 is 1.39. The SMILES string of the molecule is c1nc(Sc2nnc[nH]2)c2ccoc2n1. The third kappa shape index (κ3) is 1.46. The minimum absolute atomic E-state index is 0.576. The van der Waals surface area contributed by atoms with Gasteiger partial charge in [0.2, 0.25) is 5.71 Å². The van der Waals surface area contributed by atoms with Crippen molar-refractivity contribution < 1.29 is 4.42 Å². The number of hydrogen-bond acceptors (Lipinski definition) is 6. The topological polar surface area (TPSA) is 80.5 Å². The van der Waals surface area contributed by atoms with E-state index in [9.17, 15) is 0 Å². The van der Waals surface area contributed by atoms with Gasteiger partial charge in [0.15, 0.2) is 5.16 Å². The van der Waals surface area contributed by atoms with Gasteiger partial charge in [0.25, 0.3) is 0 Å². The lowest BCUT2D eigenvalue weighted by Crippen LogP contribution is -1.84. The van der Waals surface area contributed by atoms with E-state index in [-0.39, 0.29) is 0 Å². The van der Waals surface area contributed by atoms with Crippen LogP contribution in [0.25, 0.3) is 11.1 Å². The highest BCUT2D eigenvalue weighted by Gasteiger charge is 2.08. The molecule has 7 heteroatoms. The molecule has 0 atom stereocenters. The van der Waals surface area contributed by atoms with E-state index in [1.807, 2.05) is 6.07 Å². The first-order valence-electron chi connectivity index (χ1n) is 4.15. The molecular formula is C8H5N5OS. The molecule has 0 aromatic carbocycles. The number of fused-ring (bicyclic) bond motifs is 1. The molecule has 0 bridgehead atoms. The summed E-state index contributed by atoms with van der Waals surface area (Å²) in [6.45, 7) is 0. The van der Waals surface area contributed by atoms with E-state index >= 15 is 0 Å². The fraction of sp³-hybridized carbons (Fsp3) is 0. The van der Waals surface area contributed by atoms with Crippen LogP contribution in [-0.4, -0.2) is 25.1 Å². The van der Waals surface area contributed by atoms with Gasteiger partial charge in [-0.05, 0) is 17.8 Å². The first kappa shape index (κ1) is 8.42. The average molecular weight is 219 g/mol. The Balaban J connectivity index is 2.07. The molecule has 3 aromatic heterocycles. The van der Waals surface area contributed by atoms with Crippen LogP contribution >= 0.6 is 11.8 Å². The minimum atomic E-state index is 0.576. The molecule has 0 saturated heterocycles. The number of aromatic nitrogens is 5. The molecule has 0 aliphatic rings. The lowest BCUT2D eigenvalue weighted by atomic mass is 10.4. The monoisotopic (exact) mass is 219 g/mol. The van der Waals surface area contributed by atoms with Gasteiger partial charge in [0, 0.05) is 0 Å². The molecule has 0 aliphatic heterocycles. The first-order valence-corrected chi connectivity index (χ1v) is 4.97. The van der Waals surface area contributed by atoms with Crippen LogP contribution in [0, 0.1) is 0 Å². The second kappa shape index (κ2) is 3.35. The Labute approximate surface area is 88.1 Å². The van der Waals surface area contributed by atoms with Crippen molar-refractivity contribution in [1.29, 1.82) is 0 Å². The second-order valence-electron chi connectivity index (χ2n) is 2.71. The molecule has 15 heavy (non-hydrogen) atoms. The molecule has 74 valence electrons. The zero-order valence-corrected chi connectivity index (χ0v) is 8.23.